The van der Waals surface area contributed by atoms with E-state index in [0.717, 1.165) is 32.1 Å². The summed E-state index contributed by atoms with van der Waals surface area (Å²) in [4.78, 5) is 2.39. The first kappa shape index (κ1) is 11.9. The van der Waals surface area contributed by atoms with E-state index in [4.69, 9.17) is 0 Å². The first-order valence-corrected chi connectivity index (χ1v) is 6.65. The standard InChI is InChI=1S/C13H23N3/c1-11-2-4-12(5-3-11)13(10-14)16-8-6-15-7-9-16/h11-13,15H,2-9H2,1H3. The Morgan fingerprint density at radius 2 is 1.81 bits per heavy atom. The monoisotopic (exact) mass is 221 g/mol. The molecule has 3 heteroatoms. The Morgan fingerprint density at radius 1 is 1.19 bits per heavy atom. The topological polar surface area (TPSA) is 39.1 Å². The van der Waals surface area contributed by atoms with E-state index >= 15 is 0 Å². The third kappa shape index (κ3) is 2.75. The van der Waals surface area contributed by atoms with Gasteiger partial charge in [-0.25, -0.2) is 0 Å². The zero-order chi connectivity index (χ0) is 11.4. The molecule has 1 heterocycles. The van der Waals surface area contributed by atoms with E-state index in [2.05, 4.69) is 23.2 Å². The third-order valence-electron chi connectivity index (χ3n) is 4.18. The molecule has 0 aromatic carbocycles. The van der Waals surface area contributed by atoms with Crippen molar-refractivity contribution >= 4 is 0 Å². The fourth-order valence-corrected chi connectivity index (χ4v) is 3.05. The Kier molecular flexibility index (Phi) is 4.20. The Labute approximate surface area is 98.8 Å². The molecule has 2 rings (SSSR count). The first-order valence-electron chi connectivity index (χ1n) is 6.65. The van der Waals surface area contributed by atoms with Crippen molar-refractivity contribution < 1.29 is 0 Å². The van der Waals surface area contributed by atoms with Gasteiger partial charge in [0.05, 0.1) is 6.07 Å². The van der Waals surface area contributed by atoms with E-state index in [0.29, 0.717) is 5.92 Å². The highest BCUT2D eigenvalue weighted by molar-refractivity contribution is 4.98. The van der Waals surface area contributed by atoms with Crippen molar-refractivity contribution in [3.8, 4) is 6.07 Å². The van der Waals surface area contributed by atoms with E-state index in [-0.39, 0.29) is 6.04 Å². The van der Waals surface area contributed by atoms with Crippen molar-refractivity contribution in [2.24, 2.45) is 11.8 Å². The molecule has 0 radical (unpaired) electrons. The van der Waals surface area contributed by atoms with Crippen molar-refractivity contribution in [2.45, 2.75) is 38.6 Å². The van der Waals surface area contributed by atoms with Crippen LogP contribution in [0.4, 0.5) is 0 Å². The van der Waals surface area contributed by atoms with Crippen LogP contribution in [0.25, 0.3) is 0 Å². The van der Waals surface area contributed by atoms with Crippen LogP contribution >= 0.6 is 0 Å². The highest BCUT2D eigenvalue weighted by Gasteiger charge is 2.30. The van der Waals surface area contributed by atoms with Gasteiger partial charge in [0.1, 0.15) is 6.04 Å². The second-order valence-corrected chi connectivity index (χ2v) is 5.38. The molecule has 0 aromatic heterocycles. The van der Waals surface area contributed by atoms with Crippen LogP contribution < -0.4 is 5.32 Å². The highest BCUT2D eigenvalue weighted by atomic mass is 15.2. The zero-order valence-electron chi connectivity index (χ0n) is 10.3. The van der Waals surface area contributed by atoms with E-state index < -0.39 is 0 Å². The van der Waals surface area contributed by atoms with Crippen LogP contribution in [0.2, 0.25) is 0 Å². The largest absolute Gasteiger partial charge is 0.314 e. The predicted molar refractivity (Wildman–Crippen MR) is 65.0 cm³/mol. The third-order valence-corrected chi connectivity index (χ3v) is 4.18. The van der Waals surface area contributed by atoms with E-state index in [1.165, 1.54) is 25.7 Å². The average molecular weight is 221 g/mol. The highest BCUT2D eigenvalue weighted by Crippen LogP contribution is 2.32. The van der Waals surface area contributed by atoms with Crippen molar-refractivity contribution in [1.29, 1.82) is 5.26 Å². The summed E-state index contributed by atoms with van der Waals surface area (Å²) >= 11 is 0. The van der Waals surface area contributed by atoms with Gasteiger partial charge in [-0.3, -0.25) is 4.90 Å². The Hall–Kier alpha value is -0.590. The number of hydrogen-bond acceptors (Lipinski definition) is 3. The maximum Gasteiger partial charge on any atom is 0.101 e. The number of piperazine rings is 1. The van der Waals surface area contributed by atoms with Gasteiger partial charge in [-0.2, -0.15) is 5.26 Å². The molecule has 1 saturated carbocycles. The predicted octanol–water partition coefficient (Wildman–Crippen LogP) is 1.61. The maximum absolute atomic E-state index is 9.38. The molecule has 0 amide bonds. The van der Waals surface area contributed by atoms with Gasteiger partial charge in [-0.1, -0.05) is 19.8 Å². The lowest BCUT2D eigenvalue weighted by Crippen LogP contribution is -2.50. The minimum absolute atomic E-state index is 0.176. The molecule has 0 bridgehead atoms. The van der Waals surface area contributed by atoms with Gasteiger partial charge in [0.2, 0.25) is 0 Å². The first-order chi connectivity index (χ1) is 7.81. The van der Waals surface area contributed by atoms with Crippen LogP contribution in [0.15, 0.2) is 0 Å². The van der Waals surface area contributed by atoms with Gasteiger partial charge < -0.3 is 5.32 Å². The molecule has 1 N–H and O–H groups in total. The zero-order valence-corrected chi connectivity index (χ0v) is 10.3. The lowest BCUT2D eigenvalue weighted by molar-refractivity contribution is 0.128. The molecule has 1 aliphatic carbocycles. The summed E-state index contributed by atoms with van der Waals surface area (Å²) in [6, 6.07) is 2.73. The molecule has 1 unspecified atom stereocenters. The van der Waals surface area contributed by atoms with Crippen LogP contribution in [0.1, 0.15) is 32.6 Å². The quantitative estimate of drug-likeness (QED) is 0.770. The summed E-state index contributed by atoms with van der Waals surface area (Å²) in [5.41, 5.74) is 0. The van der Waals surface area contributed by atoms with E-state index in [1.54, 1.807) is 0 Å². The lowest BCUT2D eigenvalue weighted by Gasteiger charge is -2.38. The van der Waals surface area contributed by atoms with Gasteiger partial charge >= 0.3 is 0 Å². The molecule has 1 atom stereocenters. The average Bonchev–Trinajstić information content (AvgIpc) is 2.34. The summed E-state index contributed by atoms with van der Waals surface area (Å²) in [5, 5.41) is 12.7. The molecular weight excluding hydrogens is 198 g/mol. The second-order valence-electron chi connectivity index (χ2n) is 5.38. The molecule has 2 aliphatic rings. The maximum atomic E-state index is 9.38. The molecular formula is C13H23N3. The molecule has 90 valence electrons. The summed E-state index contributed by atoms with van der Waals surface area (Å²) in [6.45, 7) is 6.51. The number of rotatable bonds is 2. The minimum Gasteiger partial charge on any atom is -0.314 e. The van der Waals surface area contributed by atoms with E-state index in [9.17, 15) is 5.26 Å². The van der Waals surface area contributed by atoms with Crippen molar-refractivity contribution in [3.63, 3.8) is 0 Å². The normalized spacial score (nSPS) is 34.2. The number of nitrogens with one attached hydrogen (secondary N) is 1. The van der Waals surface area contributed by atoms with Crippen molar-refractivity contribution in [1.82, 2.24) is 10.2 Å². The molecule has 0 spiro atoms. The molecule has 2 fully saturated rings. The fourth-order valence-electron chi connectivity index (χ4n) is 3.05. The summed E-state index contributed by atoms with van der Waals surface area (Å²) < 4.78 is 0. The molecule has 3 nitrogen and oxygen atoms in total. The Morgan fingerprint density at radius 3 is 2.38 bits per heavy atom. The van der Waals surface area contributed by atoms with E-state index in [1.807, 2.05) is 0 Å². The molecule has 16 heavy (non-hydrogen) atoms. The van der Waals surface area contributed by atoms with Crippen LogP contribution in [0, 0.1) is 23.2 Å². The van der Waals surface area contributed by atoms with Gasteiger partial charge in [0, 0.05) is 26.2 Å². The Balaban J connectivity index is 1.91. The summed E-state index contributed by atoms with van der Waals surface area (Å²) in [5.74, 6) is 1.50. The van der Waals surface area contributed by atoms with Gasteiger partial charge in [0.15, 0.2) is 0 Å². The molecule has 1 aliphatic heterocycles. The van der Waals surface area contributed by atoms with Crippen LogP contribution in [0.3, 0.4) is 0 Å². The van der Waals surface area contributed by atoms with Crippen LogP contribution in [0.5, 0.6) is 0 Å². The second kappa shape index (κ2) is 5.65. The van der Waals surface area contributed by atoms with Gasteiger partial charge in [0.25, 0.3) is 0 Å². The van der Waals surface area contributed by atoms with Crippen molar-refractivity contribution in [2.75, 3.05) is 26.2 Å². The summed E-state index contributed by atoms with van der Waals surface area (Å²) in [7, 11) is 0. The molecule has 1 saturated heterocycles. The minimum atomic E-state index is 0.176. The number of nitriles is 1. The van der Waals surface area contributed by atoms with Crippen LogP contribution in [-0.2, 0) is 0 Å². The fraction of sp³-hybridized carbons (Fsp3) is 0.923. The Bertz CT molecular complexity index is 244. The van der Waals surface area contributed by atoms with Crippen LogP contribution in [-0.4, -0.2) is 37.1 Å². The smallest absolute Gasteiger partial charge is 0.101 e. The lowest BCUT2D eigenvalue weighted by atomic mass is 9.79. The van der Waals surface area contributed by atoms with Gasteiger partial charge in [-0.15, -0.1) is 0 Å². The number of nitrogens with zero attached hydrogens (tertiary/aromatic N) is 2. The van der Waals surface area contributed by atoms with Gasteiger partial charge in [-0.05, 0) is 24.7 Å². The van der Waals surface area contributed by atoms with Crippen molar-refractivity contribution in [3.05, 3.63) is 0 Å². The SMILES string of the molecule is CC1CCC(C(C#N)N2CCNCC2)CC1. The molecule has 0 aromatic rings. The number of hydrogen-bond donors (Lipinski definition) is 1. The summed E-state index contributed by atoms with van der Waals surface area (Å²) in [6.07, 6.45) is 5.14.